The molecule has 2 saturated heterocycles. The van der Waals surface area contributed by atoms with Crippen molar-refractivity contribution in [2.75, 3.05) is 50.7 Å². The van der Waals surface area contributed by atoms with Crippen molar-refractivity contribution in [2.24, 2.45) is 5.92 Å². The van der Waals surface area contributed by atoms with Gasteiger partial charge in [-0.05, 0) is 37.3 Å². The van der Waals surface area contributed by atoms with Crippen molar-refractivity contribution in [3.05, 3.63) is 24.2 Å². The number of hydrogen-bond acceptors (Lipinski definition) is 7. The van der Waals surface area contributed by atoms with Gasteiger partial charge in [0, 0.05) is 57.6 Å². The van der Waals surface area contributed by atoms with Gasteiger partial charge in [0.2, 0.25) is 11.7 Å². The highest BCUT2D eigenvalue weighted by Crippen LogP contribution is 2.21. The Morgan fingerprint density at radius 3 is 2.39 bits per heavy atom. The van der Waals surface area contributed by atoms with Crippen molar-refractivity contribution >= 4 is 5.82 Å². The van der Waals surface area contributed by atoms with Crippen LogP contribution in [0.2, 0.25) is 0 Å². The molecular formula is C21H32N6O. The lowest BCUT2D eigenvalue weighted by Crippen LogP contribution is -2.46. The first-order valence-electron chi connectivity index (χ1n) is 10.7. The van der Waals surface area contributed by atoms with E-state index in [9.17, 15) is 0 Å². The first kappa shape index (κ1) is 19.3. The molecule has 0 N–H and O–H groups in total. The molecule has 4 rings (SSSR count). The monoisotopic (exact) mass is 384 g/mol. The van der Waals surface area contributed by atoms with Crippen LogP contribution in [0.5, 0.6) is 0 Å². The number of aromatic nitrogens is 3. The minimum atomic E-state index is 0.631. The van der Waals surface area contributed by atoms with Crippen LogP contribution in [-0.4, -0.2) is 70.7 Å². The summed E-state index contributed by atoms with van der Waals surface area (Å²) >= 11 is 0. The SMILES string of the molecule is CC(C)CN1CCN(Cc2nc(-c3ccc(N4CCCCC4)nc3)no2)CC1. The lowest BCUT2D eigenvalue weighted by atomic mass is 10.1. The first-order chi connectivity index (χ1) is 13.7. The molecule has 28 heavy (non-hydrogen) atoms. The molecule has 7 heteroatoms. The number of piperidine rings is 1. The van der Waals surface area contributed by atoms with Crippen molar-refractivity contribution in [2.45, 2.75) is 39.7 Å². The average Bonchev–Trinajstić information content (AvgIpc) is 3.18. The van der Waals surface area contributed by atoms with Gasteiger partial charge in [0.25, 0.3) is 0 Å². The molecule has 0 bridgehead atoms. The zero-order valence-electron chi connectivity index (χ0n) is 17.2. The first-order valence-corrected chi connectivity index (χ1v) is 10.7. The molecule has 0 amide bonds. The number of anilines is 1. The smallest absolute Gasteiger partial charge is 0.241 e. The molecule has 0 spiro atoms. The Kier molecular flexibility index (Phi) is 6.22. The van der Waals surface area contributed by atoms with E-state index in [-0.39, 0.29) is 0 Å². The van der Waals surface area contributed by atoms with E-state index < -0.39 is 0 Å². The highest BCUT2D eigenvalue weighted by atomic mass is 16.5. The molecule has 0 aromatic carbocycles. The van der Waals surface area contributed by atoms with E-state index in [0.29, 0.717) is 11.7 Å². The molecule has 152 valence electrons. The quantitative estimate of drug-likeness (QED) is 0.759. The van der Waals surface area contributed by atoms with Crippen LogP contribution in [0.25, 0.3) is 11.4 Å². The van der Waals surface area contributed by atoms with Crippen molar-refractivity contribution in [1.29, 1.82) is 0 Å². The summed E-state index contributed by atoms with van der Waals surface area (Å²) in [7, 11) is 0. The molecule has 2 aromatic rings. The van der Waals surface area contributed by atoms with E-state index in [1.807, 2.05) is 6.20 Å². The van der Waals surface area contributed by atoms with Crippen molar-refractivity contribution in [3.63, 3.8) is 0 Å². The third kappa shape index (κ3) is 4.89. The van der Waals surface area contributed by atoms with E-state index in [4.69, 9.17) is 4.52 Å². The Bertz CT molecular complexity index is 730. The summed E-state index contributed by atoms with van der Waals surface area (Å²) in [6.45, 7) is 13.0. The molecule has 0 saturated carbocycles. The second kappa shape index (κ2) is 9.01. The molecule has 2 aliphatic rings. The normalized spacial score (nSPS) is 19.5. The predicted molar refractivity (Wildman–Crippen MR) is 110 cm³/mol. The van der Waals surface area contributed by atoms with Crippen LogP contribution in [-0.2, 0) is 6.54 Å². The molecule has 0 aliphatic carbocycles. The Balaban J connectivity index is 1.32. The summed E-state index contributed by atoms with van der Waals surface area (Å²) in [5, 5.41) is 4.17. The molecule has 2 aliphatic heterocycles. The summed E-state index contributed by atoms with van der Waals surface area (Å²) in [6.07, 6.45) is 5.70. The summed E-state index contributed by atoms with van der Waals surface area (Å²) < 4.78 is 5.51. The predicted octanol–water partition coefficient (Wildman–Crippen LogP) is 2.90. The van der Waals surface area contributed by atoms with E-state index >= 15 is 0 Å². The minimum absolute atomic E-state index is 0.631. The fourth-order valence-electron chi connectivity index (χ4n) is 4.10. The maximum atomic E-state index is 5.51. The zero-order chi connectivity index (χ0) is 19.3. The van der Waals surface area contributed by atoms with Gasteiger partial charge in [-0.1, -0.05) is 19.0 Å². The third-order valence-electron chi connectivity index (χ3n) is 5.60. The van der Waals surface area contributed by atoms with Gasteiger partial charge in [-0.25, -0.2) is 4.98 Å². The number of rotatable bonds is 6. The Morgan fingerprint density at radius 2 is 1.71 bits per heavy atom. The second-order valence-electron chi connectivity index (χ2n) is 8.44. The van der Waals surface area contributed by atoms with Gasteiger partial charge < -0.3 is 14.3 Å². The molecule has 4 heterocycles. The fourth-order valence-corrected chi connectivity index (χ4v) is 4.10. The van der Waals surface area contributed by atoms with Gasteiger partial charge in [-0.3, -0.25) is 4.90 Å². The van der Waals surface area contributed by atoms with Gasteiger partial charge in [0.05, 0.1) is 6.54 Å². The van der Waals surface area contributed by atoms with Crippen molar-refractivity contribution in [3.8, 4) is 11.4 Å². The Labute approximate surface area is 167 Å². The summed E-state index contributed by atoms with van der Waals surface area (Å²) in [5.41, 5.74) is 0.914. The topological polar surface area (TPSA) is 61.5 Å². The van der Waals surface area contributed by atoms with Crippen molar-refractivity contribution in [1.82, 2.24) is 24.9 Å². The average molecular weight is 385 g/mol. The van der Waals surface area contributed by atoms with Crippen LogP contribution < -0.4 is 4.90 Å². The maximum absolute atomic E-state index is 5.51. The highest BCUT2D eigenvalue weighted by molar-refractivity contribution is 5.55. The van der Waals surface area contributed by atoms with E-state index in [2.05, 4.69) is 55.8 Å². The lowest BCUT2D eigenvalue weighted by molar-refractivity contribution is 0.108. The molecular weight excluding hydrogens is 352 g/mol. The van der Waals surface area contributed by atoms with Gasteiger partial charge in [0.15, 0.2) is 0 Å². The molecule has 0 unspecified atom stereocenters. The fraction of sp³-hybridized carbons (Fsp3) is 0.667. The van der Waals surface area contributed by atoms with Crippen LogP contribution in [0, 0.1) is 5.92 Å². The number of hydrogen-bond donors (Lipinski definition) is 0. The summed E-state index contributed by atoms with van der Waals surface area (Å²) in [4.78, 5) is 16.5. The zero-order valence-corrected chi connectivity index (χ0v) is 17.2. The van der Waals surface area contributed by atoms with Crippen molar-refractivity contribution < 1.29 is 4.52 Å². The van der Waals surface area contributed by atoms with Crippen LogP contribution >= 0.6 is 0 Å². The highest BCUT2D eigenvalue weighted by Gasteiger charge is 2.20. The standard InChI is InChI=1S/C21H32N6O/c1-17(2)15-25-10-12-26(13-11-25)16-20-23-21(24-28-20)18-6-7-19(22-14-18)27-8-4-3-5-9-27/h6-7,14,17H,3-5,8-13,15-16H2,1-2H3. The van der Waals surface area contributed by atoms with Gasteiger partial charge in [-0.2, -0.15) is 4.98 Å². The molecule has 0 atom stereocenters. The van der Waals surface area contributed by atoms with E-state index in [1.54, 1.807) is 0 Å². The molecule has 0 radical (unpaired) electrons. The van der Waals surface area contributed by atoms with Crippen LogP contribution in [0.3, 0.4) is 0 Å². The van der Waals surface area contributed by atoms with E-state index in [0.717, 1.165) is 63.1 Å². The van der Waals surface area contributed by atoms with Crippen LogP contribution in [0.15, 0.2) is 22.9 Å². The third-order valence-corrected chi connectivity index (χ3v) is 5.60. The summed E-state index contributed by atoms with van der Waals surface area (Å²) in [6, 6.07) is 4.13. The Hall–Kier alpha value is -1.99. The maximum Gasteiger partial charge on any atom is 0.241 e. The Morgan fingerprint density at radius 1 is 0.964 bits per heavy atom. The van der Waals surface area contributed by atoms with Crippen LogP contribution in [0.4, 0.5) is 5.82 Å². The molecule has 2 fully saturated rings. The molecule has 7 nitrogen and oxygen atoms in total. The number of piperazine rings is 1. The molecule has 2 aromatic heterocycles. The van der Waals surface area contributed by atoms with Gasteiger partial charge in [-0.15, -0.1) is 0 Å². The number of pyridine rings is 1. The van der Waals surface area contributed by atoms with Gasteiger partial charge in [0.1, 0.15) is 5.82 Å². The second-order valence-corrected chi connectivity index (χ2v) is 8.44. The van der Waals surface area contributed by atoms with E-state index in [1.165, 1.54) is 25.8 Å². The van der Waals surface area contributed by atoms with Crippen LogP contribution in [0.1, 0.15) is 39.0 Å². The summed E-state index contributed by atoms with van der Waals surface area (Å²) in [5.74, 6) is 3.09. The van der Waals surface area contributed by atoms with Gasteiger partial charge >= 0.3 is 0 Å². The minimum Gasteiger partial charge on any atom is -0.357 e. The largest absolute Gasteiger partial charge is 0.357 e. The number of nitrogens with zero attached hydrogens (tertiary/aromatic N) is 6. The lowest BCUT2D eigenvalue weighted by Gasteiger charge is -2.34.